The van der Waals surface area contributed by atoms with E-state index in [1.165, 1.54) is 23.3 Å². The van der Waals surface area contributed by atoms with Crippen LogP contribution in [0.4, 0.5) is 0 Å². The molecular weight excluding hydrogens is 206 g/mol. The van der Waals surface area contributed by atoms with Crippen LogP contribution in [0.2, 0.25) is 0 Å². The number of hydrogen-bond acceptors (Lipinski definition) is 1. The highest BCUT2D eigenvalue weighted by Gasteiger charge is 2.21. The van der Waals surface area contributed by atoms with Crippen LogP contribution in [0.25, 0.3) is 0 Å². The molecule has 0 saturated carbocycles. The first-order chi connectivity index (χ1) is 7.82. The Hall–Kier alpha value is -1.24. The van der Waals surface area contributed by atoms with E-state index in [1.54, 1.807) is 0 Å². The molecule has 0 aromatic rings. The van der Waals surface area contributed by atoms with Gasteiger partial charge in [-0.1, -0.05) is 25.7 Å². The monoisotopic (exact) mass is 231 g/mol. The third-order valence-electron chi connectivity index (χ3n) is 3.36. The summed E-state index contributed by atoms with van der Waals surface area (Å²) in [6.07, 6.45) is 3.43. The molecule has 17 heavy (non-hydrogen) atoms. The van der Waals surface area contributed by atoms with E-state index in [4.69, 9.17) is 0 Å². The maximum Gasteiger partial charge on any atom is 0.0399 e. The second-order valence-electron chi connectivity index (χ2n) is 5.43. The Kier molecular flexibility index (Phi) is 4.39. The quantitative estimate of drug-likeness (QED) is 0.639. The normalized spacial score (nSPS) is 21.8. The molecule has 0 fully saturated rings. The fraction of sp³-hybridized carbons (Fsp3) is 0.500. The number of allylic oxidation sites excluding steroid dienone is 5. The molecule has 0 aliphatic carbocycles. The average molecular weight is 231 g/mol. The highest BCUT2D eigenvalue weighted by atomic mass is 15.1. The minimum absolute atomic E-state index is 0.703. The van der Waals surface area contributed by atoms with E-state index >= 15 is 0 Å². The van der Waals surface area contributed by atoms with Crippen molar-refractivity contribution in [3.05, 3.63) is 47.3 Å². The van der Waals surface area contributed by atoms with Crippen molar-refractivity contribution in [1.82, 2.24) is 4.90 Å². The molecule has 1 rings (SSSR count). The fourth-order valence-corrected chi connectivity index (χ4v) is 2.22. The summed E-state index contributed by atoms with van der Waals surface area (Å²) in [6.45, 7) is 19.9. The predicted molar refractivity (Wildman–Crippen MR) is 76.6 cm³/mol. The molecule has 1 aliphatic rings. The van der Waals surface area contributed by atoms with Crippen molar-refractivity contribution in [1.29, 1.82) is 0 Å². The Balaban J connectivity index is 3.15. The van der Waals surface area contributed by atoms with E-state index in [0.29, 0.717) is 5.92 Å². The summed E-state index contributed by atoms with van der Waals surface area (Å²) in [5, 5.41) is 0. The molecule has 1 heterocycles. The molecule has 0 spiro atoms. The Morgan fingerprint density at radius 3 is 2.35 bits per heavy atom. The standard InChI is InChI=1S/C16H25N/c1-11(2)14(6)9-16-15(7)8-13(5)10-17(16)12(3)4/h9,13H,1,3,8,10H2,2,4-7H3/b14-9+. The van der Waals surface area contributed by atoms with Crippen LogP contribution in [0.3, 0.4) is 0 Å². The summed E-state index contributed by atoms with van der Waals surface area (Å²) in [6, 6.07) is 0. The van der Waals surface area contributed by atoms with Crippen LogP contribution in [0.15, 0.2) is 47.3 Å². The first-order valence-electron chi connectivity index (χ1n) is 6.30. The molecule has 0 radical (unpaired) electrons. The second-order valence-corrected chi connectivity index (χ2v) is 5.43. The van der Waals surface area contributed by atoms with Crippen LogP contribution in [0.5, 0.6) is 0 Å². The largest absolute Gasteiger partial charge is 0.346 e. The maximum absolute atomic E-state index is 4.09. The lowest BCUT2D eigenvalue weighted by Gasteiger charge is -2.35. The Labute approximate surface area is 106 Å². The van der Waals surface area contributed by atoms with Crippen molar-refractivity contribution in [2.75, 3.05) is 6.54 Å². The molecule has 1 atom stereocenters. The lowest BCUT2D eigenvalue weighted by atomic mass is 9.93. The fourth-order valence-electron chi connectivity index (χ4n) is 2.22. The zero-order valence-electron chi connectivity index (χ0n) is 11.9. The van der Waals surface area contributed by atoms with E-state index < -0.39 is 0 Å². The van der Waals surface area contributed by atoms with E-state index in [2.05, 4.69) is 58.8 Å². The Morgan fingerprint density at radius 2 is 1.88 bits per heavy atom. The van der Waals surface area contributed by atoms with Gasteiger partial charge >= 0.3 is 0 Å². The molecule has 1 nitrogen and oxygen atoms in total. The van der Waals surface area contributed by atoms with Crippen LogP contribution in [-0.4, -0.2) is 11.4 Å². The van der Waals surface area contributed by atoms with E-state index in [0.717, 1.165) is 17.8 Å². The summed E-state index contributed by atoms with van der Waals surface area (Å²) >= 11 is 0. The van der Waals surface area contributed by atoms with Gasteiger partial charge in [0.25, 0.3) is 0 Å². The van der Waals surface area contributed by atoms with Crippen molar-refractivity contribution < 1.29 is 0 Å². The smallest absolute Gasteiger partial charge is 0.0399 e. The van der Waals surface area contributed by atoms with Gasteiger partial charge < -0.3 is 4.90 Å². The second kappa shape index (κ2) is 5.39. The molecule has 94 valence electrons. The van der Waals surface area contributed by atoms with Crippen molar-refractivity contribution >= 4 is 0 Å². The van der Waals surface area contributed by atoms with Gasteiger partial charge in [-0.05, 0) is 57.3 Å². The van der Waals surface area contributed by atoms with Gasteiger partial charge in [0.15, 0.2) is 0 Å². The van der Waals surface area contributed by atoms with Gasteiger partial charge in [-0.15, -0.1) is 0 Å². The van der Waals surface area contributed by atoms with Gasteiger partial charge in [0, 0.05) is 17.9 Å². The maximum atomic E-state index is 4.09. The molecule has 1 unspecified atom stereocenters. The van der Waals surface area contributed by atoms with Gasteiger partial charge in [0.1, 0.15) is 0 Å². The van der Waals surface area contributed by atoms with Gasteiger partial charge in [0.05, 0.1) is 0 Å². The average Bonchev–Trinajstić information content (AvgIpc) is 2.20. The lowest BCUT2D eigenvalue weighted by molar-refractivity contribution is 0.331. The summed E-state index contributed by atoms with van der Waals surface area (Å²) in [5.74, 6) is 0.703. The van der Waals surface area contributed by atoms with Gasteiger partial charge in [-0.2, -0.15) is 0 Å². The van der Waals surface area contributed by atoms with E-state index in [-0.39, 0.29) is 0 Å². The van der Waals surface area contributed by atoms with Crippen LogP contribution in [0, 0.1) is 5.92 Å². The van der Waals surface area contributed by atoms with E-state index in [1.807, 2.05) is 0 Å². The summed E-state index contributed by atoms with van der Waals surface area (Å²) in [5.41, 5.74) is 6.27. The predicted octanol–water partition coefficient (Wildman–Crippen LogP) is 4.66. The molecule has 0 aromatic carbocycles. The lowest BCUT2D eigenvalue weighted by Crippen LogP contribution is -2.30. The molecule has 0 aromatic heterocycles. The molecular formula is C16H25N. The Morgan fingerprint density at radius 1 is 1.29 bits per heavy atom. The highest BCUT2D eigenvalue weighted by molar-refractivity contribution is 5.37. The van der Waals surface area contributed by atoms with Crippen LogP contribution >= 0.6 is 0 Å². The van der Waals surface area contributed by atoms with Gasteiger partial charge in [0.2, 0.25) is 0 Å². The molecule has 1 heteroatoms. The first-order valence-corrected chi connectivity index (χ1v) is 6.30. The van der Waals surface area contributed by atoms with Gasteiger partial charge in [-0.25, -0.2) is 0 Å². The van der Waals surface area contributed by atoms with E-state index in [9.17, 15) is 0 Å². The number of hydrogen-bond donors (Lipinski definition) is 0. The van der Waals surface area contributed by atoms with Crippen molar-refractivity contribution in [2.45, 2.75) is 41.0 Å². The Bertz CT molecular complexity index is 396. The van der Waals surface area contributed by atoms with Crippen molar-refractivity contribution in [3.63, 3.8) is 0 Å². The minimum atomic E-state index is 0.703. The first kappa shape index (κ1) is 13.8. The van der Waals surface area contributed by atoms with Gasteiger partial charge in [-0.3, -0.25) is 0 Å². The summed E-state index contributed by atoms with van der Waals surface area (Å²) in [7, 11) is 0. The van der Waals surface area contributed by atoms with Crippen molar-refractivity contribution in [2.24, 2.45) is 5.92 Å². The summed E-state index contributed by atoms with van der Waals surface area (Å²) in [4.78, 5) is 2.33. The van der Waals surface area contributed by atoms with Crippen LogP contribution < -0.4 is 0 Å². The molecule has 0 amide bonds. The third kappa shape index (κ3) is 3.36. The third-order valence-corrected chi connectivity index (χ3v) is 3.36. The molecule has 1 aliphatic heterocycles. The minimum Gasteiger partial charge on any atom is -0.346 e. The molecule has 0 bridgehead atoms. The topological polar surface area (TPSA) is 3.24 Å². The zero-order chi connectivity index (χ0) is 13.2. The van der Waals surface area contributed by atoms with Crippen LogP contribution in [0.1, 0.15) is 41.0 Å². The molecule has 0 N–H and O–H groups in total. The summed E-state index contributed by atoms with van der Waals surface area (Å²) < 4.78 is 0. The molecule has 0 saturated heterocycles. The highest BCUT2D eigenvalue weighted by Crippen LogP contribution is 2.30. The van der Waals surface area contributed by atoms with Crippen LogP contribution in [-0.2, 0) is 0 Å². The zero-order valence-corrected chi connectivity index (χ0v) is 11.9. The SMILES string of the molecule is C=C(C)/C(C)=C/C1=C(C)CC(C)CN1C(=C)C. The van der Waals surface area contributed by atoms with Crippen molar-refractivity contribution in [3.8, 4) is 0 Å². The number of nitrogens with zero attached hydrogens (tertiary/aromatic N) is 1. The number of rotatable bonds is 3.